The van der Waals surface area contributed by atoms with Crippen molar-refractivity contribution in [2.45, 2.75) is 27.7 Å². The van der Waals surface area contributed by atoms with Crippen LogP contribution in [-0.2, 0) is 49.9 Å². The fourth-order valence-electron chi connectivity index (χ4n) is 4.37. The van der Waals surface area contributed by atoms with Gasteiger partial charge in [-0.3, -0.25) is 20.0 Å². The van der Waals surface area contributed by atoms with Gasteiger partial charge in [-0.1, -0.05) is 144 Å². The number of hydrogen-bond donors (Lipinski definition) is 0. The number of nitrogens with zero attached hydrogens (tertiary/aromatic N) is 4. The van der Waals surface area contributed by atoms with Crippen LogP contribution in [0.1, 0.15) is 49.9 Å². The third-order valence-corrected chi connectivity index (χ3v) is 9.14. The zero-order valence-corrected chi connectivity index (χ0v) is 43.8. The summed E-state index contributed by atoms with van der Waals surface area (Å²) in [6.07, 6.45) is 5.83. The summed E-state index contributed by atoms with van der Waals surface area (Å²) in [5.74, 6) is -1.27. The van der Waals surface area contributed by atoms with Crippen LogP contribution in [-0.4, -0.2) is 51.0 Å². The summed E-state index contributed by atoms with van der Waals surface area (Å²) in [7, 11) is 0. The molecule has 304 valence electrons. The standard InChI is InChI=1S/2C19H18Cl4N2O2.2H2O.2Zn/c2*1-19(2,9-24-7-11-3-13(20)5-15(22)17(11)26)10-25-8-12-4-14(21)6-16(23)18(12)27;;;;/h2*3-8,26-27H,9-10H2,1-2H3;2*1H2;;/q;;;;2*+2/p-2. The largest absolute Gasteiger partial charge is 2.00 e. The van der Waals surface area contributed by atoms with Gasteiger partial charge in [0, 0.05) is 102 Å². The molecule has 0 spiro atoms. The van der Waals surface area contributed by atoms with Gasteiger partial charge < -0.3 is 31.4 Å². The summed E-state index contributed by atoms with van der Waals surface area (Å²) in [5.41, 5.74) is 0.716. The molecule has 0 amide bonds. The predicted molar refractivity (Wildman–Crippen MR) is 231 cm³/mol. The molecular weight excluding hydrogens is 1020 g/mol. The van der Waals surface area contributed by atoms with Gasteiger partial charge in [-0.2, -0.15) is 0 Å². The van der Waals surface area contributed by atoms with E-state index in [0.29, 0.717) is 68.5 Å². The monoisotopic (exact) mass is 1050 g/mol. The van der Waals surface area contributed by atoms with E-state index in [1.54, 1.807) is 0 Å². The van der Waals surface area contributed by atoms with E-state index in [-0.39, 0.29) is 104 Å². The Morgan fingerprint density at radius 1 is 0.397 bits per heavy atom. The maximum atomic E-state index is 11.9. The Balaban J connectivity index is 0. The number of aliphatic imine (C=N–C) groups is 4. The first-order valence-electron chi connectivity index (χ1n) is 15.8. The fourth-order valence-corrected chi connectivity index (χ4v) is 6.41. The Hall–Kier alpha value is -1.75. The van der Waals surface area contributed by atoms with Crippen molar-refractivity contribution in [2.75, 3.05) is 26.2 Å². The van der Waals surface area contributed by atoms with E-state index in [1.807, 2.05) is 27.7 Å². The summed E-state index contributed by atoms with van der Waals surface area (Å²) >= 11 is 46.9. The van der Waals surface area contributed by atoms with E-state index in [1.165, 1.54) is 73.4 Å². The van der Waals surface area contributed by atoms with Crippen LogP contribution in [0.5, 0.6) is 23.0 Å². The minimum absolute atomic E-state index is 0. The Labute approximate surface area is 403 Å². The number of rotatable bonds is 12. The topological polar surface area (TPSA) is 208 Å². The molecule has 6 N–H and O–H groups in total. The molecule has 0 aliphatic heterocycles. The minimum Gasteiger partial charge on any atom is -0.871 e. The van der Waals surface area contributed by atoms with E-state index in [0.717, 1.165) is 0 Å². The summed E-state index contributed by atoms with van der Waals surface area (Å²) in [6.45, 7) is 9.51. The van der Waals surface area contributed by atoms with Crippen molar-refractivity contribution < 1.29 is 70.3 Å². The summed E-state index contributed by atoms with van der Waals surface area (Å²) in [5, 5.41) is 49.5. The number of hydrogen-bond acceptors (Lipinski definition) is 8. The molecular formula is C38H38Cl8N4O6Zn2+2. The normalized spacial score (nSPS) is 11.5. The molecule has 58 heavy (non-hydrogen) atoms. The van der Waals surface area contributed by atoms with Crippen LogP contribution in [0.25, 0.3) is 0 Å². The summed E-state index contributed by atoms with van der Waals surface area (Å²) in [6, 6.07) is 11.7. The van der Waals surface area contributed by atoms with Crippen LogP contribution in [0.15, 0.2) is 68.5 Å². The van der Waals surface area contributed by atoms with Crippen molar-refractivity contribution in [3.05, 3.63) is 111 Å². The van der Waals surface area contributed by atoms with Crippen LogP contribution >= 0.6 is 92.8 Å². The molecule has 0 aliphatic carbocycles. The molecule has 0 atom stereocenters. The summed E-state index contributed by atoms with van der Waals surface area (Å²) in [4.78, 5) is 17.2. The first kappa shape index (κ1) is 58.3. The number of halogens is 8. The predicted octanol–water partition coefficient (Wildman–Crippen LogP) is 8.17. The van der Waals surface area contributed by atoms with Gasteiger partial charge in [-0.05, 0) is 70.8 Å². The first-order valence-corrected chi connectivity index (χ1v) is 18.8. The van der Waals surface area contributed by atoms with Gasteiger partial charge in [0.25, 0.3) is 0 Å². The van der Waals surface area contributed by atoms with Gasteiger partial charge in [0.05, 0.1) is 0 Å². The third kappa shape index (κ3) is 18.9. The zero-order valence-electron chi connectivity index (χ0n) is 31.8. The third-order valence-electron chi connectivity index (χ3n) is 7.15. The average molecular weight is 1060 g/mol. The fraction of sp³-hybridized carbons (Fsp3) is 0.263. The second-order valence-corrected chi connectivity index (χ2v) is 16.8. The Bertz CT molecular complexity index is 1820. The second-order valence-electron chi connectivity index (χ2n) is 13.4. The Kier molecular flexibility index (Phi) is 26.7. The van der Waals surface area contributed by atoms with Crippen molar-refractivity contribution in [3.8, 4) is 23.0 Å². The van der Waals surface area contributed by atoms with Crippen molar-refractivity contribution in [1.82, 2.24) is 0 Å². The van der Waals surface area contributed by atoms with Crippen molar-refractivity contribution in [1.29, 1.82) is 0 Å². The van der Waals surface area contributed by atoms with Crippen LogP contribution in [0.2, 0.25) is 40.2 Å². The van der Waals surface area contributed by atoms with Crippen molar-refractivity contribution >= 4 is 118 Å². The van der Waals surface area contributed by atoms with Crippen LogP contribution in [0.3, 0.4) is 0 Å². The van der Waals surface area contributed by atoms with Gasteiger partial charge in [0.15, 0.2) is 0 Å². The maximum absolute atomic E-state index is 11.9. The molecule has 0 fully saturated rings. The SMILES string of the molecule is CC(C)(CN=Cc1cc(Cl)cc(Cl)c1[O-])CN=Cc1cc(Cl)cc(Cl)c1[O-].CC(C)(CN=Cc1cc(Cl)cc(Cl)c1[O-])CN=Cc1cc(Cl)cc(Cl)c1[O-].[OH3+].[OH3+].[Zn+2].[Zn+2]. The smallest absolute Gasteiger partial charge is 0.871 e. The molecule has 4 aromatic carbocycles. The molecule has 0 heterocycles. The molecule has 0 aliphatic rings. The number of benzene rings is 4. The van der Waals surface area contributed by atoms with Crippen LogP contribution < -0.4 is 20.4 Å². The Morgan fingerprint density at radius 3 is 0.741 bits per heavy atom. The minimum atomic E-state index is -0.318. The molecule has 0 saturated carbocycles. The van der Waals surface area contributed by atoms with Crippen LogP contribution in [0, 0.1) is 10.8 Å². The van der Waals surface area contributed by atoms with Gasteiger partial charge in [-0.15, -0.1) is 0 Å². The molecule has 0 unspecified atom stereocenters. The molecule has 10 nitrogen and oxygen atoms in total. The molecule has 20 heteroatoms. The summed E-state index contributed by atoms with van der Waals surface area (Å²) < 4.78 is 0. The zero-order chi connectivity index (χ0) is 40.4. The quantitative estimate of drug-likeness (QED) is 0.0781. The van der Waals surface area contributed by atoms with Crippen molar-refractivity contribution in [2.24, 2.45) is 30.8 Å². The molecule has 4 aromatic rings. The molecule has 0 radical (unpaired) electrons. The maximum Gasteiger partial charge on any atom is 2.00 e. The van der Waals surface area contributed by atoms with Gasteiger partial charge in [-0.25, -0.2) is 0 Å². The average Bonchev–Trinajstić information content (AvgIpc) is 3.06. The van der Waals surface area contributed by atoms with Crippen molar-refractivity contribution in [3.63, 3.8) is 0 Å². The molecule has 4 rings (SSSR count). The second kappa shape index (κ2) is 26.6. The Morgan fingerprint density at radius 2 is 0.569 bits per heavy atom. The van der Waals surface area contributed by atoms with E-state index in [9.17, 15) is 20.4 Å². The van der Waals surface area contributed by atoms with E-state index in [4.69, 9.17) is 92.8 Å². The van der Waals surface area contributed by atoms with Gasteiger partial charge >= 0.3 is 39.0 Å². The van der Waals surface area contributed by atoms with E-state index < -0.39 is 0 Å². The first-order chi connectivity index (χ1) is 25.2. The van der Waals surface area contributed by atoms with Crippen LogP contribution in [0.4, 0.5) is 0 Å². The van der Waals surface area contributed by atoms with Gasteiger partial charge in [0.1, 0.15) is 0 Å². The molecule has 0 saturated heterocycles. The van der Waals surface area contributed by atoms with E-state index in [2.05, 4.69) is 20.0 Å². The molecule has 0 aromatic heterocycles. The van der Waals surface area contributed by atoms with E-state index >= 15 is 0 Å². The molecule has 0 bridgehead atoms. The van der Waals surface area contributed by atoms with Gasteiger partial charge in [0.2, 0.25) is 0 Å².